The van der Waals surface area contributed by atoms with Gasteiger partial charge in [0, 0.05) is 6.54 Å². The van der Waals surface area contributed by atoms with Crippen molar-refractivity contribution in [2.45, 2.75) is 13.0 Å². The van der Waals surface area contributed by atoms with Gasteiger partial charge in [-0.1, -0.05) is 0 Å². The second-order valence-electron chi connectivity index (χ2n) is 1.99. The van der Waals surface area contributed by atoms with Crippen LogP contribution in [0.15, 0.2) is 0 Å². The standard InChI is InChI=1S/C6H16N2O2/c1-6(4-7)10-3-2-9-5-8/h6H,2-5,7-8H2,1H3. The molecule has 0 rings (SSSR count). The van der Waals surface area contributed by atoms with E-state index in [9.17, 15) is 0 Å². The summed E-state index contributed by atoms with van der Waals surface area (Å²) < 4.78 is 10.0. The highest BCUT2D eigenvalue weighted by molar-refractivity contribution is 4.47. The van der Waals surface area contributed by atoms with Crippen molar-refractivity contribution in [2.24, 2.45) is 11.5 Å². The van der Waals surface area contributed by atoms with Gasteiger partial charge in [-0.05, 0) is 6.92 Å². The lowest BCUT2D eigenvalue weighted by molar-refractivity contribution is 0.0175. The Balaban J connectivity index is 2.89. The maximum Gasteiger partial charge on any atom is 0.0941 e. The van der Waals surface area contributed by atoms with Crippen LogP contribution in [0.1, 0.15) is 6.92 Å². The zero-order valence-corrected chi connectivity index (χ0v) is 6.38. The maximum absolute atomic E-state index is 5.30. The van der Waals surface area contributed by atoms with E-state index >= 15 is 0 Å². The molecule has 0 saturated carbocycles. The van der Waals surface area contributed by atoms with E-state index in [4.69, 9.17) is 20.9 Å². The molecule has 0 amide bonds. The largest absolute Gasteiger partial charge is 0.375 e. The molecule has 1 unspecified atom stereocenters. The van der Waals surface area contributed by atoms with Crippen molar-refractivity contribution < 1.29 is 9.47 Å². The number of hydrogen-bond donors (Lipinski definition) is 2. The molecule has 0 heterocycles. The third kappa shape index (κ3) is 5.97. The Labute approximate surface area is 61.5 Å². The van der Waals surface area contributed by atoms with E-state index in [1.165, 1.54) is 0 Å². The van der Waals surface area contributed by atoms with Crippen LogP contribution >= 0.6 is 0 Å². The molecule has 0 spiro atoms. The number of hydrogen-bond acceptors (Lipinski definition) is 4. The molecule has 62 valence electrons. The summed E-state index contributed by atoms with van der Waals surface area (Å²) in [6.45, 7) is 3.82. The van der Waals surface area contributed by atoms with E-state index in [1.807, 2.05) is 6.92 Å². The lowest BCUT2D eigenvalue weighted by atomic mass is 10.4. The predicted octanol–water partition coefficient (Wildman–Crippen LogP) is -0.717. The third-order valence-corrected chi connectivity index (χ3v) is 1.08. The van der Waals surface area contributed by atoms with Gasteiger partial charge in [0.05, 0.1) is 26.0 Å². The SMILES string of the molecule is CC(CN)OCCOCN. The molecule has 0 aliphatic rings. The molecule has 4 N–H and O–H groups in total. The molecule has 0 aromatic rings. The molecule has 4 nitrogen and oxygen atoms in total. The minimum atomic E-state index is 0.112. The Kier molecular flexibility index (Phi) is 6.84. The first-order valence-corrected chi connectivity index (χ1v) is 3.40. The molecule has 0 radical (unpaired) electrons. The Morgan fingerprint density at radius 2 is 2.00 bits per heavy atom. The molecule has 0 fully saturated rings. The summed E-state index contributed by atoms with van der Waals surface area (Å²) in [6, 6.07) is 0. The van der Waals surface area contributed by atoms with Gasteiger partial charge in [-0.25, -0.2) is 0 Å². The first-order valence-electron chi connectivity index (χ1n) is 3.40. The fourth-order valence-electron chi connectivity index (χ4n) is 0.460. The van der Waals surface area contributed by atoms with Crippen molar-refractivity contribution in [3.05, 3.63) is 0 Å². The Morgan fingerprint density at radius 1 is 1.30 bits per heavy atom. The van der Waals surface area contributed by atoms with Gasteiger partial charge in [0.2, 0.25) is 0 Å². The van der Waals surface area contributed by atoms with Gasteiger partial charge in [0.25, 0.3) is 0 Å². The number of ether oxygens (including phenoxy) is 2. The number of nitrogens with two attached hydrogens (primary N) is 2. The summed E-state index contributed by atoms with van der Waals surface area (Å²) in [6.07, 6.45) is 0.112. The van der Waals surface area contributed by atoms with Crippen molar-refractivity contribution in [3.8, 4) is 0 Å². The molecular weight excluding hydrogens is 132 g/mol. The molecule has 0 bridgehead atoms. The van der Waals surface area contributed by atoms with Crippen LogP contribution in [0.3, 0.4) is 0 Å². The number of rotatable bonds is 6. The highest BCUT2D eigenvalue weighted by Crippen LogP contribution is 1.85. The van der Waals surface area contributed by atoms with Gasteiger partial charge in [-0.15, -0.1) is 0 Å². The molecule has 4 heteroatoms. The van der Waals surface area contributed by atoms with Crippen LogP contribution in [0, 0.1) is 0 Å². The lowest BCUT2D eigenvalue weighted by Crippen LogP contribution is -2.22. The normalized spacial score (nSPS) is 13.5. The molecule has 0 aromatic heterocycles. The van der Waals surface area contributed by atoms with E-state index in [0.29, 0.717) is 19.8 Å². The van der Waals surface area contributed by atoms with Crippen molar-refractivity contribution in [2.75, 3.05) is 26.5 Å². The summed E-state index contributed by atoms with van der Waals surface area (Å²) in [5, 5.41) is 0. The van der Waals surface area contributed by atoms with Gasteiger partial charge in [-0.2, -0.15) is 0 Å². The van der Waals surface area contributed by atoms with Crippen LogP contribution < -0.4 is 11.5 Å². The van der Waals surface area contributed by atoms with Gasteiger partial charge < -0.3 is 20.9 Å². The average molecular weight is 148 g/mol. The lowest BCUT2D eigenvalue weighted by Gasteiger charge is -2.09. The highest BCUT2D eigenvalue weighted by atomic mass is 16.5. The molecule has 10 heavy (non-hydrogen) atoms. The van der Waals surface area contributed by atoms with Crippen LogP contribution in [0.25, 0.3) is 0 Å². The highest BCUT2D eigenvalue weighted by Gasteiger charge is 1.96. The topological polar surface area (TPSA) is 70.5 Å². The van der Waals surface area contributed by atoms with Gasteiger partial charge >= 0.3 is 0 Å². The van der Waals surface area contributed by atoms with Crippen LogP contribution in [0.2, 0.25) is 0 Å². The van der Waals surface area contributed by atoms with Gasteiger partial charge in [-0.3, -0.25) is 0 Å². The second-order valence-corrected chi connectivity index (χ2v) is 1.99. The summed E-state index contributed by atoms with van der Waals surface area (Å²) >= 11 is 0. The average Bonchev–Trinajstić information content (AvgIpc) is 1.98. The third-order valence-electron chi connectivity index (χ3n) is 1.08. The van der Waals surface area contributed by atoms with Crippen molar-refractivity contribution >= 4 is 0 Å². The van der Waals surface area contributed by atoms with E-state index in [0.717, 1.165) is 0 Å². The molecular formula is C6H16N2O2. The quantitative estimate of drug-likeness (QED) is 0.385. The molecule has 0 saturated heterocycles. The minimum Gasteiger partial charge on any atom is -0.375 e. The zero-order valence-electron chi connectivity index (χ0n) is 6.38. The van der Waals surface area contributed by atoms with Crippen molar-refractivity contribution in [1.82, 2.24) is 0 Å². The summed E-state index contributed by atoms with van der Waals surface area (Å²) in [4.78, 5) is 0. The van der Waals surface area contributed by atoms with E-state index in [2.05, 4.69) is 0 Å². The Bertz CT molecular complexity index is 70.8. The fraction of sp³-hybridized carbons (Fsp3) is 1.00. The molecule has 1 atom stereocenters. The predicted molar refractivity (Wildman–Crippen MR) is 39.5 cm³/mol. The van der Waals surface area contributed by atoms with Gasteiger partial charge in [0.1, 0.15) is 0 Å². The Hall–Kier alpha value is -0.160. The van der Waals surface area contributed by atoms with Crippen molar-refractivity contribution in [3.63, 3.8) is 0 Å². The smallest absolute Gasteiger partial charge is 0.0941 e. The first-order chi connectivity index (χ1) is 4.81. The zero-order chi connectivity index (χ0) is 7.82. The van der Waals surface area contributed by atoms with E-state index in [1.54, 1.807) is 0 Å². The van der Waals surface area contributed by atoms with Crippen LogP contribution in [-0.4, -0.2) is 32.6 Å². The second kappa shape index (κ2) is 6.95. The Morgan fingerprint density at radius 3 is 2.50 bits per heavy atom. The summed E-state index contributed by atoms with van der Waals surface area (Å²) in [5.74, 6) is 0. The fourth-order valence-corrected chi connectivity index (χ4v) is 0.460. The first kappa shape index (κ1) is 9.84. The van der Waals surface area contributed by atoms with E-state index in [-0.39, 0.29) is 12.8 Å². The summed E-state index contributed by atoms with van der Waals surface area (Å²) in [5.41, 5.74) is 10.4. The van der Waals surface area contributed by atoms with Crippen LogP contribution in [0.4, 0.5) is 0 Å². The van der Waals surface area contributed by atoms with Gasteiger partial charge in [0.15, 0.2) is 0 Å². The summed E-state index contributed by atoms with van der Waals surface area (Å²) in [7, 11) is 0. The maximum atomic E-state index is 5.30. The van der Waals surface area contributed by atoms with Crippen LogP contribution in [0.5, 0.6) is 0 Å². The molecule has 0 aliphatic heterocycles. The monoisotopic (exact) mass is 148 g/mol. The van der Waals surface area contributed by atoms with Crippen molar-refractivity contribution in [1.29, 1.82) is 0 Å². The molecule has 0 aromatic carbocycles. The molecule has 0 aliphatic carbocycles. The minimum absolute atomic E-state index is 0.112. The van der Waals surface area contributed by atoms with E-state index < -0.39 is 0 Å². The van der Waals surface area contributed by atoms with Crippen LogP contribution in [-0.2, 0) is 9.47 Å².